The number of hydrogen-bond acceptors (Lipinski definition) is 4. The number of nitrogens with zero attached hydrogens (tertiary/aromatic N) is 2. The molecule has 1 fully saturated rings. The summed E-state index contributed by atoms with van der Waals surface area (Å²) in [6, 6.07) is 7.74. The minimum atomic E-state index is -3.64. The molecular weight excluding hydrogens is 314 g/mol. The van der Waals surface area contributed by atoms with Gasteiger partial charge in [-0.1, -0.05) is 24.6 Å². The van der Waals surface area contributed by atoms with E-state index in [-0.39, 0.29) is 10.8 Å². The predicted octanol–water partition coefficient (Wildman–Crippen LogP) is 0.908. The van der Waals surface area contributed by atoms with Crippen molar-refractivity contribution in [2.75, 3.05) is 33.7 Å². The third-order valence-corrected chi connectivity index (χ3v) is 6.08. The highest BCUT2D eigenvalue weighted by molar-refractivity contribution is 7.89. The maximum absolute atomic E-state index is 12.9. The van der Waals surface area contributed by atoms with E-state index in [0.29, 0.717) is 26.1 Å². The average molecular weight is 339 g/mol. The first-order valence-electron chi connectivity index (χ1n) is 7.95. The summed E-state index contributed by atoms with van der Waals surface area (Å²) in [4.78, 5) is 14.5. The van der Waals surface area contributed by atoms with Gasteiger partial charge in [0, 0.05) is 26.7 Å². The number of likely N-dealkylation sites (N-methyl/N-ethyl adjacent to an activating group) is 2. The predicted molar refractivity (Wildman–Crippen MR) is 89.5 cm³/mol. The van der Waals surface area contributed by atoms with Gasteiger partial charge in [-0.05, 0) is 32.0 Å². The Kier molecular flexibility index (Phi) is 6.15. The van der Waals surface area contributed by atoms with Gasteiger partial charge in [-0.25, -0.2) is 8.42 Å². The zero-order valence-electron chi connectivity index (χ0n) is 13.7. The van der Waals surface area contributed by atoms with E-state index in [1.165, 1.54) is 4.31 Å². The van der Waals surface area contributed by atoms with Crippen LogP contribution in [0.2, 0.25) is 0 Å². The first kappa shape index (κ1) is 17.9. The molecule has 1 N–H and O–H groups in total. The lowest BCUT2D eigenvalue weighted by Gasteiger charge is -2.35. The first-order chi connectivity index (χ1) is 11.0. The topological polar surface area (TPSA) is 69.7 Å². The van der Waals surface area contributed by atoms with Crippen molar-refractivity contribution in [1.82, 2.24) is 14.5 Å². The second-order valence-electron chi connectivity index (χ2n) is 5.80. The zero-order valence-corrected chi connectivity index (χ0v) is 14.6. The summed E-state index contributed by atoms with van der Waals surface area (Å²) in [5.41, 5.74) is 0. The minimum Gasteiger partial charge on any atom is -0.343 e. The van der Waals surface area contributed by atoms with E-state index < -0.39 is 16.1 Å². The van der Waals surface area contributed by atoms with Gasteiger partial charge in [0.15, 0.2) is 0 Å². The van der Waals surface area contributed by atoms with Crippen LogP contribution in [0.3, 0.4) is 0 Å². The van der Waals surface area contributed by atoms with Crippen molar-refractivity contribution >= 4 is 15.9 Å². The van der Waals surface area contributed by atoms with Crippen molar-refractivity contribution in [3.63, 3.8) is 0 Å². The molecule has 23 heavy (non-hydrogen) atoms. The molecule has 0 saturated carbocycles. The van der Waals surface area contributed by atoms with E-state index in [4.69, 9.17) is 0 Å². The molecule has 6 nitrogen and oxygen atoms in total. The molecule has 7 heteroatoms. The van der Waals surface area contributed by atoms with Gasteiger partial charge in [0.2, 0.25) is 15.9 Å². The van der Waals surface area contributed by atoms with Crippen LogP contribution in [0.4, 0.5) is 0 Å². The molecule has 1 saturated heterocycles. The number of sulfonamides is 1. The van der Waals surface area contributed by atoms with Crippen LogP contribution in [-0.4, -0.2) is 63.3 Å². The van der Waals surface area contributed by atoms with Crippen LogP contribution in [0.5, 0.6) is 0 Å². The van der Waals surface area contributed by atoms with Crippen LogP contribution >= 0.6 is 0 Å². The molecule has 128 valence electrons. The van der Waals surface area contributed by atoms with Crippen molar-refractivity contribution in [2.45, 2.75) is 30.2 Å². The Morgan fingerprint density at radius 2 is 2.00 bits per heavy atom. The van der Waals surface area contributed by atoms with Crippen molar-refractivity contribution < 1.29 is 13.2 Å². The number of benzene rings is 1. The molecule has 1 unspecified atom stereocenters. The second kappa shape index (κ2) is 7.90. The van der Waals surface area contributed by atoms with Crippen LogP contribution in [0, 0.1) is 0 Å². The maximum atomic E-state index is 12.9. The molecule has 0 aliphatic carbocycles. The van der Waals surface area contributed by atoms with Crippen molar-refractivity contribution in [3.8, 4) is 0 Å². The smallest absolute Gasteiger partial charge is 0.243 e. The molecule has 0 radical (unpaired) electrons. The number of amides is 1. The number of rotatable bonds is 6. The van der Waals surface area contributed by atoms with Crippen LogP contribution < -0.4 is 5.32 Å². The molecule has 0 bridgehead atoms. The largest absolute Gasteiger partial charge is 0.343 e. The summed E-state index contributed by atoms with van der Waals surface area (Å²) in [6.07, 6.45) is 2.24. The van der Waals surface area contributed by atoms with Gasteiger partial charge in [0.05, 0.1) is 4.90 Å². The van der Waals surface area contributed by atoms with Crippen molar-refractivity contribution in [1.29, 1.82) is 0 Å². The van der Waals surface area contributed by atoms with Gasteiger partial charge in [0.25, 0.3) is 0 Å². The Bertz CT molecular complexity index is 619. The molecule has 2 rings (SSSR count). The Hall–Kier alpha value is -1.44. The normalized spacial score (nSPS) is 19.5. The van der Waals surface area contributed by atoms with Crippen LogP contribution in [0.1, 0.15) is 19.3 Å². The quantitative estimate of drug-likeness (QED) is 0.836. The Balaban J connectivity index is 2.23. The van der Waals surface area contributed by atoms with Crippen LogP contribution in [0.15, 0.2) is 35.2 Å². The second-order valence-corrected chi connectivity index (χ2v) is 7.69. The fourth-order valence-corrected chi connectivity index (χ4v) is 4.48. The van der Waals surface area contributed by atoms with Crippen molar-refractivity contribution in [2.24, 2.45) is 0 Å². The van der Waals surface area contributed by atoms with Gasteiger partial charge in [-0.3, -0.25) is 4.79 Å². The first-order valence-corrected chi connectivity index (χ1v) is 9.39. The highest BCUT2D eigenvalue weighted by Gasteiger charge is 2.38. The molecule has 1 aliphatic heterocycles. The zero-order chi connectivity index (χ0) is 16.9. The molecule has 0 spiro atoms. The molecule has 1 atom stereocenters. The summed E-state index contributed by atoms with van der Waals surface area (Å²) < 4.78 is 27.1. The lowest BCUT2D eigenvalue weighted by Crippen LogP contribution is -2.52. The molecule has 1 heterocycles. The maximum Gasteiger partial charge on any atom is 0.243 e. The molecule has 1 aliphatic rings. The SMILES string of the molecule is CNCCN(C)C(=O)C1CCCCN1S(=O)(=O)c1ccccc1. The average Bonchev–Trinajstić information content (AvgIpc) is 2.59. The van der Waals surface area contributed by atoms with Crippen LogP contribution in [0.25, 0.3) is 0 Å². The fourth-order valence-electron chi connectivity index (χ4n) is 2.81. The number of piperidine rings is 1. The lowest BCUT2D eigenvalue weighted by atomic mass is 10.0. The van der Waals surface area contributed by atoms with Crippen molar-refractivity contribution in [3.05, 3.63) is 30.3 Å². The van der Waals surface area contributed by atoms with E-state index >= 15 is 0 Å². The Morgan fingerprint density at radius 1 is 1.30 bits per heavy atom. The Labute approximate surface area is 138 Å². The molecule has 1 amide bonds. The minimum absolute atomic E-state index is 0.126. The van der Waals surface area contributed by atoms with Crippen LogP contribution in [-0.2, 0) is 14.8 Å². The van der Waals surface area contributed by atoms with E-state index in [9.17, 15) is 13.2 Å². The highest BCUT2D eigenvalue weighted by Crippen LogP contribution is 2.26. The number of hydrogen-bond donors (Lipinski definition) is 1. The third kappa shape index (κ3) is 4.10. The standard InChI is InChI=1S/C16H25N3O3S/c1-17-11-13-18(2)16(20)15-10-6-7-12-19(15)23(21,22)14-8-4-3-5-9-14/h3-5,8-9,15,17H,6-7,10-13H2,1-2H3. The molecule has 1 aromatic rings. The van der Waals surface area contributed by atoms with Gasteiger partial charge < -0.3 is 10.2 Å². The number of carbonyl (C=O) groups is 1. The fraction of sp³-hybridized carbons (Fsp3) is 0.562. The van der Waals surface area contributed by atoms with Gasteiger partial charge in [-0.15, -0.1) is 0 Å². The summed E-state index contributed by atoms with van der Waals surface area (Å²) in [5, 5.41) is 3.00. The van der Waals surface area contributed by atoms with E-state index in [1.807, 2.05) is 7.05 Å². The Morgan fingerprint density at radius 3 is 2.65 bits per heavy atom. The molecule has 1 aromatic carbocycles. The van der Waals surface area contributed by atoms with Gasteiger partial charge >= 0.3 is 0 Å². The lowest BCUT2D eigenvalue weighted by molar-refractivity contribution is -0.134. The highest BCUT2D eigenvalue weighted by atomic mass is 32.2. The summed E-state index contributed by atoms with van der Waals surface area (Å²) in [6.45, 7) is 1.64. The summed E-state index contributed by atoms with van der Waals surface area (Å²) in [7, 11) is -0.0917. The number of nitrogens with one attached hydrogen (secondary N) is 1. The van der Waals surface area contributed by atoms with E-state index in [0.717, 1.165) is 12.8 Å². The van der Waals surface area contributed by atoms with Gasteiger partial charge in [-0.2, -0.15) is 4.31 Å². The number of carbonyl (C=O) groups excluding carboxylic acids is 1. The van der Waals surface area contributed by atoms with E-state index in [2.05, 4.69) is 5.32 Å². The molecule has 0 aromatic heterocycles. The van der Waals surface area contributed by atoms with E-state index in [1.54, 1.807) is 42.3 Å². The monoisotopic (exact) mass is 339 g/mol. The summed E-state index contributed by atoms with van der Waals surface area (Å²) in [5.74, 6) is -0.126. The van der Waals surface area contributed by atoms with Gasteiger partial charge in [0.1, 0.15) is 6.04 Å². The molecular formula is C16H25N3O3S. The summed E-state index contributed by atoms with van der Waals surface area (Å²) >= 11 is 0. The third-order valence-electron chi connectivity index (χ3n) is 4.16.